The quantitative estimate of drug-likeness (QED) is 0.256. The summed E-state index contributed by atoms with van der Waals surface area (Å²) in [6.45, 7) is 5.75. The molecule has 0 aliphatic heterocycles. The number of rotatable bonds is 15. The van der Waals surface area contributed by atoms with Gasteiger partial charge in [0.2, 0.25) is 11.8 Å². The van der Waals surface area contributed by atoms with Gasteiger partial charge in [-0.15, -0.1) is 0 Å². The monoisotopic (exact) mass is 383 g/mol. The van der Waals surface area contributed by atoms with Gasteiger partial charge in [-0.2, -0.15) is 0 Å². The van der Waals surface area contributed by atoms with E-state index in [1.807, 2.05) is 0 Å². The molecule has 0 aromatic heterocycles. The summed E-state index contributed by atoms with van der Waals surface area (Å²) in [6, 6.07) is -0.498. The van der Waals surface area contributed by atoms with E-state index in [9.17, 15) is 14.4 Å². The van der Waals surface area contributed by atoms with Gasteiger partial charge in [-0.1, -0.05) is 58.4 Å². The molecule has 0 aromatic carbocycles. The lowest BCUT2D eigenvalue weighted by Gasteiger charge is -2.20. The molecule has 0 rings (SSSR count). The van der Waals surface area contributed by atoms with Gasteiger partial charge in [-0.05, 0) is 19.8 Å². The summed E-state index contributed by atoms with van der Waals surface area (Å²) in [4.78, 5) is 35.4. The highest BCUT2D eigenvalue weighted by molar-refractivity contribution is 5.92. The summed E-state index contributed by atoms with van der Waals surface area (Å²) in [6.07, 6.45) is 9.28. The first-order valence-corrected chi connectivity index (χ1v) is 10.1. The summed E-state index contributed by atoms with van der Waals surface area (Å²) in [5.41, 5.74) is 5.86. The third-order valence-electron chi connectivity index (χ3n) is 4.37. The minimum Gasteiger partial charge on any atom is -0.477 e. The molecule has 0 unspecified atom stereocenters. The van der Waals surface area contributed by atoms with Crippen molar-refractivity contribution in [3.05, 3.63) is 11.8 Å². The van der Waals surface area contributed by atoms with Gasteiger partial charge in [0.15, 0.2) is 0 Å². The van der Waals surface area contributed by atoms with Crippen molar-refractivity contribution in [2.24, 2.45) is 5.73 Å². The van der Waals surface area contributed by atoms with Gasteiger partial charge < -0.3 is 21.5 Å². The molecule has 0 spiro atoms. The predicted octanol–water partition coefficient (Wildman–Crippen LogP) is 2.84. The number of unbranched alkanes of at least 4 members (excludes halogenated alkanes) is 4. The van der Waals surface area contributed by atoms with E-state index < -0.39 is 11.9 Å². The Balaban J connectivity index is 4.62. The molecule has 156 valence electrons. The number of aliphatic carboxylic acids is 1. The number of carboxylic acid groups (broad SMARTS) is 1. The first kappa shape index (κ1) is 25.1. The average Bonchev–Trinajstić information content (AvgIpc) is 2.59. The van der Waals surface area contributed by atoms with Crippen molar-refractivity contribution in [2.75, 3.05) is 0 Å². The van der Waals surface area contributed by atoms with Crippen LogP contribution in [0.15, 0.2) is 11.8 Å². The van der Waals surface area contributed by atoms with Gasteiger partial charge in [-0.3, -0.25) is 9.59 Å². The fourth-order valence-electron chi connectivity index (χ4n) is 2.82. The Labute approximate surface area is 163 Å². The second kappa shape index (κ2) is 15.2. The Kier molecular flexibility index (Phi) is 14.1. The number of carbonyl (C=O) groups excluding carboxylic acids is 2. The van der Waals surface area contributed by atoms with E-state index in [2.05, 4.69) is 24.5 Å². The van der Waals surface area contributed by atoms with Crippen LogP contribution in [0.5, 0.6) is 0 Å². The van der Waals surface area contributed by atoms with Crippen LogP contribution in [0.1, 0.15) is 85.0 Å². The second-order valence-electron chi connectivity index (χ2n) is 6.98. The molecule has 27 heavy (non-hydrogen) atoms. The smallest absolute Gasteiger partial charge is 0.352 e. The summed E-state index contributed by atoms with van der Waals surface area (Å²) >= 11 is 0. The van der Waals surface area contributed by atoms with Crippen LogP contribution in [-0.2, 0) is 14.4 Å². The van der Waals surface area contributed by atoms with E-state index in [0.717, 1.165) is 44.9 Å². The van der Waals surface area contributed by atoms with E-state index in [1.165, 1.54) is 6.08 Å². The standard InChI is InChI=1S/C20H37N3O4/c1-4-7-9-11-15(21)13-18(24)22-16(12-10-8-5-2)14-19(25)23-17(6-3)20(26)27/h6,15-16H,4-5,7-14,21H2,1-3H3,(H,22,24)(H,23,25)(H,26,27)/t15-,16-/m0/s1. The fourth-order valence-corrected chi connectivity index (χ4v) is 2.82. The molecule has 7 nitrogen and oxygen atoms in total. The molecule has 0 fully saturated rings. The fraction of sp³-hybridized carbons (Fsp3) is 0.750. The largest absolute Gasteiger partial charge is 0.477 e. The van der Waals surface area contributed by atoms with Crippen molar-refractivity contribution < 1.29 is 19.5 Å². The number of hydrogen-bond acceptors (Lipinski definition) is 4. The van der Waals surface area contributed by atoms with E-state index in [1.54, 1.807) is 6.92 Å². The van der Waals surface area contributed by atoms with Crippen LogP contribution < -0.4 is 16.4 Å². The van der Waals surface area contributed by atoms with Crippen LogP contribution in [0.25, 0.3) is 0 Å². The highest BCUT2D eigenvalue weighted by Gasteiger charge is 2.19. The van der Waals surface area contributed by atoms with Crippen molar-refractivity contribution in [2.45, 2.75) is 97.1 Å². The second-order valence-corrected chi connectivity index (χ2v) is 6.98. The van der Waals surface area contributed by atoms with Gasteiger partial charge >= 0.3 is 5.97 Å². The normalized spacial score (nSPS) is 13.7. The van der Waals surface area contributed by atoms with Crippen molar-refractivity contribution in [1.29, 1.82) is 0 Å². The molecule has 0 aromatic rings. The minimum atomic E-state index is -1.18. The maximum absolute atomic E-state index is 12.3. The zero-order valence-corrected chi connectivity index (χ0v) is 17.1. The molecule has 0 radical (unpaired) electrons. The highest BCUT2D eigenvalue weighted by Crippen LogP contribution is 2.09. The lowest BCUT2D eigenvalue weighted by atomic mass is 10.0. The topological polar surface area (TPSA) is 122 Å². The minimum absolute atomic E-state index is 0.0468. The maximum atomic E-state index is 12.3. The maximum Gasteiger partial charge on any atom is 0.352 e. The predicted molar refractivity (Wildman–Crippen MR) is 107 cm³/mol. The molecule has 0 saturated carbocycles. The van der Waals surface area contributed by atoms with Crippen LogP contribution >= 0.6 is 0 Å². The van der Waals surface area contributed by atoms with Gasteiger partial charge in [-0.25, -0.2) is 4.79 Å². The summed E-state index contributed by atoms with van der Waals surface area (Å²) in [7, 11) is 0. The van der Waals surface area contributed by atoms with E-state index >= 15 is 0 Å². The Morgan fingerprint density at radius 1 is 0.963 bits per heavy atom. The molecule has 2 amide bonds. The molecule has 0 aliphatic carbocycles. The number of hydrogen-bond donors (Lipinski definition) is 4. The van der Waals surface area contributed by atoms with Crippen LogP contribution in [0.3, 0.4) is 0 Å². The molecule has 0 saturated heterocycles. The molecular weight excluding hydrogens is 346 g/mol. The number of allylic oxidation sites excluding steroid dienone is 1. The Morgan fingerprint density at radius 3 is 2.07 bits per heavy atom. The molecular formula is C20H37N3O4. The van der Waals surface area contributed by atoms with Crippen molar-refractivity contribution in [3.8, 4) is 0 Å². The molecule has 2 atom stereocenters. The van der Waals surface area contributed by atoms with Crippen LogP contribution in [0, 0.1) is 0 Å². The lowest BCUT2D eigenvalue weighted by Crippen LogP contribution is -2.41. The zero-order valence-electron chi connectivity index (χ0n) is 17.1. The zero-order chi connectivity index (χ0) is 20.7. The van der Waals surface area contributed by atoms with Crippen molar-refractivity contribution >= 4 is 17.8 Å². The summed E-state index contributed by atoms with van der Waals surface area (Å²) in [5, 5.41) is 14.3. The van der Waals surface area contributed by atoms with Crippen LogP contribution in [-0.4, -0.2) is 35.0 Å². The molecule has 7 heteroatoms. The number of amides is 2. The highest BCUT2D eigenvalue weighted by atomic mass is 16.4. The molecule has 0 bridgehead atoms. The van der Waals surface area contributed by atoms with E-state index in [4.69, 9.17) is 10.8 Å². The first-order chi connectivity index (χ1) is 12.8. The third kappa shape index (κ3) is 13.0. The summed E-state index contributed by atoms with van der Waals surface area (Å²) < 4.78 is 0. The molecule has 5 N–H and O–H groups in total. The summed E-state index contributed by atoms with van der Waals surface area (Å²) in [5.74, 6) is -1.76. The van der Waals surface area contributed by atoms with E-state index in [0.29, 0.717) is 6.42 Å². The van der Waals surface area contributed by atoms with Crippen molar-refractivity contribution in [3.63, 3.8) is 0 Å². The Morgan fingerprint density at radius 2 is 1.56 bits per heavy atom. The number of nitrogens with two attached hydrogens (primary N) is 1. The lowest BCUT2D eigenvalue weighted by molar-refractivity contribution is -0.135. The molecule has 0 heterocycles. The van der Waals surface area contributed by atoms with Gasteiger partial charge in [0.1, 0.15) is 5.70 Å². The van der Waals surface area contributed by atoms with E-state index in [-0.39, 0.29) is 36.5 Å². The molecule has 0 aliphatic rings. The van der Waals surface area contributed by atoms with Gasteiger partial charge in [0.05, 0.1) is 0 Å². The third-order valence-corrected chi connectivity index (χ3v) is 4.37. The van der Waals surface area contributed by atoms with Crippen LogP contribution in [0.2, 0.25) is 0 Å². The number of nitrogens with one attached hydrogen (secondary N) is 2. The Hall–Kier alpha value is -1.89. The average molecular weight is 384 g/mol. The van der Waals surface area contributed by atoms with Gasteiger partial charge in [0, 0.05) is 24.9 Å². The number of carboxylic acids is 1. The number of carbonyl (C=O) groups is 3. The van der Waals surface area contributed by atoms with Gasteiger partial charge in [0.25, 0.3) is 0 Å². The van der Waals surface area contributed by atoms with Crippen molar-refractivity contribution in [1.82, 2.24) is 10.6 Å². The first-order valence-electron chi connectivity index (χ1n) is 10.1. The van der Waals surface area contributed by atoms with Crippen LogP contribution in [0.4, 0.5) is 0 Å². The SMILES string of the molecule is CC=C(NC(=O)C[C@H](CCCCC)NC(=O)C[C@@H](N)CCCCC)C(=O)O. The Bertz CT molecular complexity index is 492.